The van der Waals surface area contributed by atoms with Crippen LogP contribution in [0.15, 0.2) is 77.7 Å². The first-order valence-corrected chi connectivity index (χ1v) is 11.4. The maximum Gasteiger partial charge on any atom is 0.242 e. The van der Waals surface area contributed by atoms with E-state index in [0.29, 0.717) is 16.5 Å². The second-order valence-corrected chi connectivity index (χ2v) is 9.14. The van der Waals surface area contributed by atoms with Crippen LogP contribution in [0.1, 0.15) is 11.1 Å². The molecule has 8 heteroatoms. The molecule has 0 aliphatic carbocycles. The molecule has 0 saturated heterocycles. The zero-order valence-corrected chi connectivity index (χ0v) is 18.7. The molecule has 3 rings (SSSR count). The van der Waals surface area contributed by atoms with Crippen molar-refractivity contribution in [3.8, 4) is 5.75 Å². The van der Waals surface area contributed by atoms with Crippen LogP contribution in [0.3, 0.4) is 0 Å². The minimum absolute atomic E-state index is 0.0939. The fourth-order valence-electron chi connectivity index (χ4n) is 2.98. The molecular weight excluding hydrogens is 436 g/mol. The minimum atomic E-state index is -3.91. The van der Waals surface area contributed by atoms with Crippen LogP contribution >= 0.6 is 11.6 Å². The summed E-state index contributed by atoms with van der Waals surface area (Å²) in [4.78, 5) is 13.1. The molecule has 0 bridgehead atoms. The number of carbonyl (C=O) groups is 1. The summed E-state index contributed by atoms with van der Waals surface area (Å²) in [6.07, 6.45) is 0.182. The number of hydrogen-bond acceptors (Lipinski definition) is 4. The molecule has 1 atom stereocenters. The topological polar surface area (TPSA) is 84.5 Å². The number of amides is 1. The van der Waals surface area contributed by atoms with Crippen molar-refractivity contribution in [2.24, 2.45) is 0 Å². The first-order chi connectivity index (χ1) is 14.8. The average Bonchev–Trinajstić information content (AvgIpc) is 2.74. The van der Waals surface area contributed by atoms with Gasteiger partial charge in [0.1, 0.15) is 11.8 Å². The van der Waals surface area contributed by atoms with Crippen LogP contribution in [0.25, 0.3) is 0 Å². The Bertz CT molecular complexity index is 1150. The van der Waals surface area contributed by atoms with Gasteiger partial charge in [-0.3, -0.25) is 4.79 Å². The predicted octanol–water partition coefficient (Wildman–Crippen LogP) is 4.19. The molecule has 0 spiro atoms. The molecule has 6 nitrogen and oxygen atoms in total. The predicted molar refractivity (Wildman–Crippen MR) is 122 cm³/mol. The van der Waals surface area contributed by atoms with E-state index in [1.807, 2.05) is 37.3 Å². The molecular formula is C23H23ClN2O4S. The highest BCUT2D eigenvalue weighted by Crippen LogP contribution is 2.27. The lowest BCUT2D eigenvalue weighted by molar-refractivity contribution is -0.117. The molecule has 0 saturated carbocycles. The number of benzene rings is 3. The summed E-state index contributed by atoms with van der Waals surface area (Å²) in [5.74, 6) is -0.0265. The van der Waals surface area contributed by atoms with Gasteiger partial charge in [-0.05, 0) is 49.2 Å². The van der Waals surface area contributed by atoms with E-state index in [2.05, 4.69) is 10.0 Å². The lowest BCUT2D eigenvalue weighted by Gasteiger charge is -2.19. The van der Waals surface area contributed by atoms with E-state index in [0.717, 1.165) is 11.1 Å². The van der Waals surface area contributed by atoms with Crippen molar-refractivity contribution in [1.29, 1.82) is 0 Å². The quantitative estimate of drug-likeness (QED) is 0.530. The van der Waals surface area contributed by atoms with Crippen molar-refractivity contribution in [3.05, 3.63) is 88.9 Å². The molecule has 1 amide bonds. The van der Waals surface area contributed by atoms with E-state index >= 15 is 0 Å². The van der Waals surface area contributed by atoms with E-state index in [1.165, 1.54) is 19.2 Å². The third-order valence-corrected chi connectivity index (χ3v) is 6.43. The molecule has 0 fully saturated rings. The molecule has 0 radical (unpaired) electrons. The number of aryl methyl sites for hydroxylation is 1. The van der Waals surface area contributed by atoms with Gasteiger partial charge in [-0.1, -0.05) is 59.6 Å². The Balaban J connectivity index is 1.85. The van der Waals surface area contributed by atoms with Gasteiger partial charge in [0.25, 0.3) is 0 Å². The lowest BCUT2D eigenvalue weighted by atomic mass is 10.1. The van der Waals surface area contributed by atoms with Crippen molar-refractivity contribution in [2.45, 2.75) is 24.3 Å². The van der Waals surface area contributed by atoms with Crippen molar-refractivity contribution >= 4 is 33.2 Å². The van der Waals surface area contributed by atoms with Crippen LogP contribution in [-0.2, 0) is 21.2 Å². The Kier molecular flexibility index (Phi) is 7.33. The number of rotatable bonds is 8. The van der Waals surface area contributed by atoms with Gasteiger partial charge in [0.15, 0.2) is 0 Å². The largest absolute Gasteiger partial charge is 0.495 e. The van der Waals surface area contributed by atoms with Crippen molar-refractivity contribution in [1.82, 2.24) is 4.72 Å². The van der Waals surface area contributed by atoms with Crippen LogP contribution in [0.5, 0.6) is 5.75 Å². The van der Waals surface area contributed by atoms with Crippen LogP contribution < -0.4 is 14.8 Å². The number of nitrogens with one attached hydrogen (secondary N) is 2. The maximum atomic E-state index is 13.0. The molecule has 3 aromatic rings. The van der Waals surface area contributed by atoms with Gasteiger partial charge in [0.2, 0.25) is 15.9 Å². The third kappa shape index (κ3) is 6.07. The summed E-state index contributed by atoms with van der Waals surface area (Å²) in [5, 5.41) is 3.07. The van der Waals surface area contributed by atoms with Crippen LogP contribution in [0.2, 0.25) is 5.02 Å². The molecule has 0 heterocycles. The SMILES string of the molecule is COc1ccc(NC(=O)[C@@H](Cc2ccccc2)NS(=O)(=O)c2ccc(C)cc2)cc1Cl. The Morgan fingerprint density at radius 3 is 2.32 bits per heavy atom. The highest BCUT2D eigenvalue weighted by Gasteiger charge is 2.26. The van der Waals surface area contributed by atoms with Gasteiger partial charge < -0.3 is 10.1 Å². The van der Waals surface area contributed by atoms with Gasteiger partial charge in [-0.25, -0.2) is 8.42 Å². The van der Waals surface area contributed by atoms with Gasteiger partial charge in [-0.15, -0.1) is 0 Å². The van der Waals surface area contributed by atoms with E-state index in [1.54, 1.807) is 30.3 Å². The second kappa shape index (κ2) is 9.96. The van der Waals surface area contributed by atoms with Gasteiger partial charge >= 0.3 is 0 Å². The Labute approximate surface area is 187 Å². The highest BCUT2D eigenvalue weighted by molar-refractivity contribution is 7.89. The van der Waals surface area contributed by atoms with Gasteiger partial charge in [0, 0.05) is 5.69 Å². The first kappa shape index (κ1) is 22.8. The summed E-state index contributed by atoms with van der Waals surface area (Å²) in [6, 6.07) is 19.4. The number of hydrogen-bond donors (Lipinski definition) is 2. The minimum Gasteiger partial charge on any atom is -0.495 e. The third-order valence-electron chi connectivity index (χ3n) is 4.65. The number of sulfonamides is 1. The zero-order valence-electron chi connectivity index (χ0n) is 17.1. The molecule has 0 aliphatic heterocycles. The summed E-state index contributed by atoms with van der Waals surface area (Å²) >= 11 is 6.13. The molecule has 162 valence electrons. The lowest BCUT2D eigenvalue weighted by Crippen LogP contribution is -2.45. The molecule has 3 aromatic carbocycles. The molecule has 0 unspecified atom stereocenters. The molecule has 31 heavy (non-hydrogen) atoms. The average molecular weight is 459 g/mol. The summed E-state index contributed by atoms with van der Waals surface area (Å²) in [6.45, 7) is 1.87. The van der Waals surface area contributed by atoms with E-state index in [-0.39, 0.29) is 11.3 Å². The smallest absolute Gasteiger partial charge is 0.242 e. The van der Waals surface area contributed by atoms with Gasteiger partial charge in [-0.2, -0.15) is 4.72 Å². The van der Waals surface area contributed by atoms with E-state index < -0.39 is 22.0 Å². The number of methoxy groups -OCH3 is 1. The Morgan fingerprint density at radius 1 is 1.03 bits per heavy atom. The number of ether oxygens (including phenoxy) is 1. The summed E-state index contributed by atoms with van der Waals surface area (Å²) < 4.78 is 33.5. The Hall–Kier alpha value is -2.87. The molecule has 0 aliphatic rings. The number of halogens is 1. The first-order valence-electron chi connectivity index (χ1n) is 9.56. The van der Waals surface area contributed by atoms with E-state index in [4.69, 9.17) is 16.3 Å². The fraction of sp³-hybridized carbons (Fsp3) is 0.174. The number of carbonyl (C=O) groups excluding carboxylic acids is 1. The monoisotopic (exact) mass is 458 g/mol. The fourth-order valence-corrected chi connectivity index (χ4v) is 4.44. The van der Waals surface area contributed by atoms with Crippen LogP contribution in [-0.4, -0.2) is 27.5 Å². The van der Waals surface area contributed by atoms with E-state index in [9.17, 15) is 13.2 Å². The van der Waals surface area contributed by atoms with Crippen molar-refractivity contribution in [2.75, 3.05) is 12.4 Å². The number of anilines is 1. The summed E-state index contributed by atoms with van der Waals surface area (Å²) in [5.41, 5.74) is 2.19. The molecule has 0 aromatic heterocycles. The van der Waals surface area contributed by atoms with Crippen LogP contribution in [0, 0.1) is 6.92 Å². The highest BCUT2D eigenvalue weighted by atomic mass is 35.5. The second-order valence-electron chi connectivity index (χ2n) is 7.02. The van der Waals surface area contributed by atoms with Crippen molar-refractivity contribution in [3.63, 3.8) is 0 Å². The Morgan fingerprint density at radius 2 is 1.71 bits per heavy atom. The maximum absolute atomic E-state index is 13.0. The van der Waals surface area contributed by atoms with Crippen molar-refractivity contribution < 1.29 is 17.9 Å². The van der Waals surface area contributed by atoms with Crippen LogP contribution in [0.4, 0.5) is 5.69 Å². The zero-order chi connectivity index (χ0) is 22.4. The summed E-state index contributed by atoms with van der Waals surface area (Å²) in [7, 11) is -2.41. The standard InChI is InChI=1S/C23H23ClN2O4S/c1-16-8-11-19(12-9-16)31(28,29)26-21(14-17-6-4-3-5-7-17)23(27)25-18-10-13-22(30-2)20(24)15-18/h3-13,15,21,26H,14H2,1-2H3,(H,25,27)/t21-/m1/s1. The normalized spacial score (nSPS) is 12.2. The van der Waals surface area contributed by atoms with Gasteiger partial charge in [0.05, 0.1) is 17.0 Å². The molecule has 2 N–H and O–H groups in total.